The van der Waals surface area contributed by atoms with Crippen molar-refractivity contribution in [3.05, 3.63) is 52.6 Å². The average Bonchev–Trinajstić information content (AvgIpc) is 3.15. The Balaban J connectivity index is 1.55. The number of para-hydroxylation sites is 1. The van der Waals surface area contributed by atoms with Crippen LogP contribution in [0.1, 0.15) is 18.9 Å². The third kappa shape index (κ3) is 5.13. The molecule has 1 fully saturated rings. The lowest BCUT2D eigenvalue weighted by Crippen LogP contribution is -2.44. The van der Waals surface area contributed by atoms with Crippen LogP contribution in [-0.4, -0.2) is 43.7 Å². The number of pyridine rings is 1. The van der Waals surface area contributed by atoms with Crippen LogP contribution in [0.25, 0.3) is 0 Å². The predicted octanol–water partition coefficient (Wildman–Crippen LogP) is 3.19. The zero-order chi connectivity index (χ0) is 19.1. The number of ether oxygens (including phenoxy) is 1. The van der Waals surface area contributed by atoms with Crippen molar-refractivity contribution in [2.45, 2.75) is 25.9 Å². The van der Waals surface area contributed by atoms with Crippen LogP contribution in [-0.2, 0) is 6.54 Å². The van der Waals surface area contributed by atoms with Crippen molar-refractivity contribution < 1.29 is 4.74 Å². The molecule has 7 heteroatoms. The van der Waals surface area contributed by atoms with E-state index in [2.05, 4.69) is 59.6 Å². The van der Waals surface area contributed by atoms with Crippen molar-refractivity contribution >= 4 is 27.6 Å². The molecule has 0 radical (unpaired) electrons. The molecule has 0 saturated carbocycles. The molecular formula is C20H26BrN5O. The van der Waals surface area contributed by atoms with Gasteiger partial charge in [-0.3, -0.25) is 4.99 Å². The third-order valence-electron chi connectivity index (χ3n) is 4.52. The number of nitrogens with zero attached hydrogens (tertiary/aromatic N) is 3. The highest BCUT2D eigenvalue weighted by Crippen LogP contribution is 2.28. The van der Waals surface area contributed by atoms with Crippen molar-refractivity contribution in [1.82, 2.24) is 15.6 Å². The quantitative estimate of drug-likeness (QED) is 0.543. The van der Waals surface area contributed by atoms with Gasteiger partial charge in [0.1, 0.15) is 0 Å². The molecule has 2 heterocycles. The maximum absolute atomic E-state index is 5.59. The molecule has 2 N–H and O–H groups in total. The van der Waals surface area contributed by atoms with Crippen LogP contribution in [0, 0.1) is 0 Å². The Morgan fingerprint density at radius 3 is 2.96 bits per heavy atom. The lowest BCUT2D eigenvalue weighted by atomic mass is 10.2. The number of aliphatic imine (C=N–C) groups is 1. The highest BCUT2D eigenvalue weighted by Gasteiger charge is 2.24. The van der Waals surface area contributed by atoms with Gasteiger partial charge in [-0.25, -0.2) is 4.98 Å². The van der Waals surface area contributed by atoms with E-state index in [4.69, 9.17) is 4.74 Å². The molecule has 1 atom stereocenters. The van der Waals surface area contributed by atoms with Gasteiger partial charge in [0.2, 0.25) is 5.88 Å². The van der Waals surface area contributed by atoms with Crippen LogP contribution >= 0.6 is 15.9 Å². The molecule has 144 valence electrons. The summed E-state index contributed by atoms with van der Waals surface area (Å²) in [6.45, 7) is 5.14. The van der Waals surface area contributed by atoms with Gasteiger partial charge in [-0.2, -0.15) is 0 Å². The standard InChI is InChI=1S/C20H26BrN5O/c1-3-27-19-15(7-6-11-23-19)13-24-20(22-2)25-16-10-12-26(14-16)18-9-5-4-8-17(18)21/h4-9,11,16H,3,10,12-14H2,1-2H3,(H2,22,24,25). The Bertz CT molecular complexity index is 782. The summed E-state index contributed by atoms with van der Waals surface area (Å²) >= 11 is 3.65. The molecule has 2 aromatic rings. The number of rotatable bonds is 6. The van der Waals surface area contributed by atoms with E-state index in [1.54, 1.807) is 13.2 Å². The molecule has 1 aromatic carbocycles. The fourth-order valence-electron chi connectivity index (χ4n) is 3.20. The lowest BCUT2D eigenvalue weighted by molar-refractivity contribution is 0.322. The second-order valence-corrected chi connectivity index (χ2v) is 7.21. The highest BCUT2D eigenvalue weighted by atomic mass is 79.9. The van der Waals surface area contributed by atoms with E-state index in [1.165, 1.54) is 5.69 Å². The summed E-state index contributed by atoms with van der Waals surface area (Å²) in [7, 11) is 1.79. The summed E-state index contributed by atoms with van der Waals surface area (Å²) < 4.78 is 6.72. The Labute approximate surface area is 169 Å². The molecule has 3 rings (SSSR count). The maximum Gasteiger partial charge on any atom is 0.218 e. The number of guanidine groups is 1. The van der Waals surface area contributed by atoms with Crippen LogP contribution < -0.4 is 20.3 Å². The van der Waals surface area contributed by atoms with E-state index in [9.17, 15) is 0 Å². The number of anilines is 1. The van der Waals surface area contributed by atoms with Gasteiger partial charge in [0.25, 0.3) is 0 Å². The SMILES string of the molecule is CCOc1ncccc1CNC(=NC)NC1CCN(c2ccccc2Br)C1. The molecule has 0 bridgehead atoms. The normalized spacial score (nSPS) is 17.1. The van der Waals surface area contributed by atoms with Crippen LogP contribution in [0.4, 0.5) is 5.69 Å². The van der Waals surface area contributed by atoms with E-state index in [1.807, 2.05) is 25.1 Å². The first-order valence-electron chi connectivity index (χ1n) is 9.24. The summed E-state index contributed by atoms with van der Waals surface area (Å²) in [4.78, 5) is 11.0. The first-order chi connectivity index (χ1) is 13.2. The van der Waals surface area contributed by atoms with Crippen molar-refractivity contribution in [3.63, 3.8) is 0 Å². The monoisotopic (exact) mass is 431 g/mol. The molecule has 1 saturated heterocycles. The highest BCUT2D eigenvalue weighted by molar-refractivity contribution is 9.10. The van der Waals surface area contributed by atoms with Crippen LogP contribution in [0.3, 0.4) is 0 Å². The summed E-state index contributed by atoms with van der Waals surface area (Å²) in [6, 6.07) is 12.6. The number of benzene rings is 1. The van der Waals surface area contributed by atoms with Gasteiger partial charge >= 0.3 is 0 Å². The maximum atomic E-state index is 5.59. The molecule has 1 aromatic heterocycles. The fraction of sp³-hybridized carbons (Fsp3) is 0.400. The van der Waals surface area contributed by atoms with Crippen LogP contribution in [0.2, 0.25) is 0 Å². The van der Waals surface area contributed by atoms with E-state index < -0.39 is 0 Å². The number of aromatic nitrogens is 1. The molecule has 1 aliphatic rings. The van der Waals surface area contributed by atoms with Crippen molar-refractivity contribution in [1.29, 1.82) is 0 Å². The minimum atomic E-state index is 0.351. The largest absolute Gasteiger partial charge is 0.478 e. The molecule has 0 spiro atoms. The van der Waals surface area contributed by atoms with Gasteiger partial charge in [0.05, 0.1) is 12.3 Å². The van der Waals surface area contributed by atoms with Crippen LogP contribution in [0.15, 0.2) is 52.1 Å². The molecular weight excluding hydrogens is 406 g/mol. The zero-order valence-electron chi connectivity index (χ0n) is 15.8. The summed E-state index contributed by atoms with van der Waals surface area (Å²) in [6.07, 6.45) is 2.81. The second-order valence-electron chi connectivity index (χ2n) is 6.35. The van der Waals surface area contributed by atoms with E-state index in [0.29, 0.717) is 25.1 Å². The topological polar surface area (TPSA) is 61.8 Å². The number of nitrogens with one attached hydrogen (secondary N) is 2. The molecule has 1 unspecified atom stereocenters. The summed E-state index contributed by atoms with van der Waals surface area (Å²) in [5.41, 5.74) is 2.25. The van der Waals surface area contributed by atoms with Gasteiger partial charge in [-0.1, -0.05) is 18.2 Å². The fourth-order valence-corrected chi connectivity index (χ4v) is 3.73. The van der Waals surface area contributed by atoms with Gasteiger partial charge in [-0.15, -0.1) is 0 Å². The smallest absolute Gasteiger partial charge is 0.218 e. The minimum absolute atomic E-state index is 0.351. The predicted molar refractivity (Wildman–Crippen MR) is 114 cm³/mol. The Hall–Kier alpha value is -2.28. The van der Waals surface area contributed by atoms with Crippen molar-refractivity contribution in [2.24, 2.45) is 4.99 Å². The first kappa shape index (κ1) is 19.5. The zero-order valence-corrected chi connectivity index (χ0v) is 17.4. The van der Waals surface area contributed by atoms with E-state index >= 15 is 0 Å². The molecule has 0 aliphatic carbocycles. The molecule has 0 amide bonds. The van der Waals surface area contributed by atoms with Crippen molar-refractivity contribution in [3.8, 4) is 5.88 Å². The average molecular weight is 432 g/mol. The Morgan fingerprint density at radius 2 is 2.19 bits per heavy atom. The summed E-state index contributed by atoms with van der Waals surface area (Å²) in [5, 5.41) is 6.90. The molecule has 6 nitrogen and oxygen atoms in total. The van der Waals surface area contributed by atoms with Gasteiger partial charge in [-0.05, 0) is 47.5 Å². The summed E-state index contributed by atoms with van der Waals surface area (Å²) in [5.74, 6) is 1.46. The van der Waals surface area contributed by atoms with E-state index in [0.717, 1.165) is 35.5 Å². The van der Waals surface area contributed by atoms with Gasteiger partial charge < -0.3 is 20.3 Å². The molecule has 27 heavy (non-hydrogen) atoms. The van der Waals surface area contributed by atoms with Crippen LogP contribution in [0.5, 0.6) is 5.88 Å². The number of hydrogen-bond donors (Lipinski definition) is 2. The Morgan fingerprint density at radius 1 is 1.33 bits per heavy atom. The first-order valence-corrected chi connectivity index (χ1v) is 10.0. The second kappa shape index (κ2) is 9.60. The van der Waals surface area contributed by atoms with Crippen molar-refractivity contribution in [2.75, 3.05) is 31.6 Å². The minimum Gasteiger partial charge on any atom is -0.478 e. The van der Waals surface area contributed by atoms with E-state index in [-0.39, 0.29) is 0 Å². The number of hydrogen-bond acceptors (Lipinski definition) is 4. The third-order valence-corrected chi connectivity index (χ3v) is 5.19. The molecule has 1 aliphatic heterocycles. The Kier molecular flexibility index (Phi) is 6.92. The lowest BCUT2D eigenvalue weighted by Gasteiger charge is -2.21. The number of halogens is 1. The van der Waals surface area contributed by atoms with Gasteiger partial charge in [0.15, 0.2) is 5.96 Å². The van der Waals surface area contributed by atoms with Gasteiger partial charge in [0, 0.05) is 49.0 Å².